The molecule has 0 aromatic heterocycles. The first-order valence-corrected chi connectivity index (χ1v) is 7.59. The van der Waals surface area contributed by atoms with Crippen LogP contribution in [0.5, 0.6) is 0 Å². The summed E-state index contributed by atoms with van der Waals surface area (Å²) >= 11 is 0. The number of hydrogen-bond acceptors (Lipinski definition) is 2. The van der Waals surface area contributed by atoms with Crippen molar-refractivity contribution in [3.63, 3.8) is 0 Å². The van der Waals surface area contributed by atoms with Crippen LogP contribution in [0.4, 0.5) is 0 Å². The standard InChI is InChI=1S/C15H31NO/c1-14(2)10-12-16(11-6-3-7-13-17)15-8-4-5-9-15/h14-15,17H,3-13H2,1-2H3. The van der Waals surface area contributed by atoms with Crippen molar-refractivity contribution < 1.29 is 5.11 Å². The van der Waals surface area contributed by atoms with E-state index in [0.717, 1.165) is 18.4 Å². The van der Waals surface area contributed by atoms with Crippen LogP contribution in [0.2, 0.25) is 0 Å². The van der Waals surface area contributed by atoms with Crippen molar-refractivity contribution in [3.8, 4) is 0 Å². The smallest absolute Gasteiger partial charge is 0.0431 e. The average molecular weight is 241 g/mol. The van der Waals surface area contributed by atoms with Crippen LogP contribution in [0.25, 0.3) is 0 Å². The molecule has 1 fully saturated rings. The molecule has 1 rings (SSSR count). The molecule has 0 atom stereocenters. The number of aliphatic hydroxyl groups is 1. The first-order chi connectivity index (χ1) is 8.24. The van der Waals surface area contributed by atoms with Gasteiger partial charge in [0.15, 0.2) is 0 Å². The Bertz CT molecular complexity index is 176. The fourth-order valence-corrected chi connectivity index (χ4v) is 2.77. The molecule has 102 valence electrons. The normalized spacial score (nSPS) is 17.5. The second-order valence-corrected chi connectivity index (χ2v) is 5.94. The first-order valence-electron chi connectivity index (χ1n) is 7.59. The van der Waals surface area contributed by atoms with Crippen LogP contribution in [0, 0.1) is 5.92 Å². The van der Waals surface area contributed by atoms with Gasteiger partial charge in [0, 0.05) is 12.6 Å². The molecule has 0 amide bonds. The van der Waals surface area contributed by atoms with Gasteiger partial charge in [0.1, 0.15) is 0 Å². The molecule has 2 heteroatoms. The molecule has 1 N–H and O–H groups in total. The van der Waals surface area contributed by atoms with Gasteiger partial charge in [0.2, 0.25) is 0 Å². The number of aliphatic hydroxyl groups excluding tert-OH is 1. The lowest BCUT2D eigenvalue weighted by atomic mass is 10.1. The Hall–Kier alpha value is -0.0800. The van der Waals surface area contributed by atoms with E-state index in [0.29, 0.717) is 6.61 Å². The van der Waals surface area contributed by atoms with E-state index in [1.807, 2.05) is 0 Å². The van der Waals surface area contributed by atoms with Crippen molar-refractivity contribution in [2.45, 2.75) is 71.3 Å². The third kappa shape index (κ3) is 6.42. The summed E-state index contributed by atoms with van der Waals surface area (Å²) in [6.45, 7) is 7.52. The zero-order valence-corrected chi connectivity index (χ0v) is 11.8. The molecule has 0 aromatic rings. The summed E-state index contributed by atoms with van der Waals surface area (Å²) in [5, 5.41) is 8.81. The van der Waals surface area contributed by atoms with E-state index in [1.165, 1.54) is 58.0 Å². The largest absolute Gasteiger partial charge is 0.396 e. The predicted molar refractivity (Wildman–Crippen MR) is 74.2 cm³/mol. The number of unbranched alkanes of at least 4 members (excludes halogenated alkanes) is 2. The molecule has 1 aliphatic carbocycles. The number of nitrogens with zero attached hydrogens (tertiary/aromatic N) is 1. The molecular formula is C15H31NO. The highest BCUT2D eigenvalue weighted by atomic mass is 16.2. The lowest BCUT2D eigenvalue weighted by Gasteiger charge is -2.29. The summed E-state index contributed by atoms with van der Waals surface area (Å²) in [5.74, 6) is 0.816. The lowest BCUT2D eigenvalue weighted by molar-refractivity contribution is 0.182. The van der Waals surface area contributed by atoms with E-state index in [1.54, 1.807) is 0 Å². The van der Waals surface area contributed by atoms with Crippen LogP contribution in [-0.2, 0) is 0 Å². The molecule has 0 heterocycles. The van der Waals surface area contributed by atoms with E-state index in [4.69, 9.17) is 5.11 Å². The van der Waals surface area contributed by atoms with Gasteiger partial charge < -0.3 is 10.0 Å². The molecule has 0 spiro atoms. The maximum atomic E-state index is 8.81. The summed E-state index contributed by atoms with van der Waals surface area (Å²) in [4.78, 5) is 2.73. The Balaban J connectivity index is 2.24. The summed E-state index contributed by atoms with van der Waals surface area (Å²) in [6, 6.07) is 0.864. The summed E-state index contributed by atoms with van der Waals surface area (Å²) in [7, 11) is 0. The summed E-state index contributed by atoms with van der Waals surface area (Å²) in [5.41, 5.74) is 0. The Labute approximate surface area is 107 Å². The Morgan fingerprint density at radius 1 is 1.06 bits per heavy atom. The molecule has 0 bridgehead atoms. The van der Waals surface area contributed by atoms with Gasteiger partial charge in [-0.25, -0.2) is 0 Å². The van der Waals surface area contributed by atoms with Gasteiger partial charge in [-0.1, -0.05) is 26.7 Å². The Morgan fingerprint density at radius 2 is 1.76 bits per heavy atom. The van der Waals surface area contributed by atoms with E-state index in [2.05, 4.69) is 18.7 Å². The Morgan fingerprint density at radius 3 is 2.35 bits per heavy atom. The van der Waals surface area contributed by atoms with Gasteiger partial charge >= 0.3 is 0 Å². The van der Waals surface area contributed by atoms with Gasteiger partial charge in [0.05, 0.1) is 0 Å². The second-order valence-electron chi connectivity index (χ2n) is 5.94. The molecule has 17 heavy (non-hydrogen) atoms. The van der Waals surface area contributed by atoms with Crippen LogP contribution >= 0.6 is 0 Å². The lowest BCUT2D eigenvalue weighted by Crippen LogP contribution is -2.35. The molecular weight excluding hydrogens is 210 g/mol. The van der Waals surface area contributed by atoms with Crippen LogP contribution in [0.3, 0.4) is 0 Å². The molecule has 0 aromatic carbocycles. The Kier molecular flexibility index (Phi) is 7.87. The van der Waals surface area contributed by atoms with Gasteiger partial charge in [-0.15, -0.1) is 0 Å². The molecule has 0 aliphatic heterocycles. The topological polar surface area (TPSA) is 23.5 Å². The maximum Gasteiger partial charge on any atom is 0.0431 e. The van der Waals surface area contributed by atoms with Crippen molar-refractivity contribution in [1.29, 1.82) is 0 Å². The zero-order chi connectivity index (χ0) is 12.5. The summed E-state index contributed by atoms with van der Waals surface area (Å²) < 4.78 is 0. The third-order valence-corrected chi connectivity index (χ3v) is 3.94. The van der Waals surface area contributed by atoms with Gasteiger partial charge in [0.25, 0.3) is 0 Å². The highest BCUT2D eigenvalue weighted by Crippen LogP contribution is 2.24. The fraction of sp³-hybridized carbons (Fsp3) is 1.00. The van der Waals surface area contributed by atoms with Crippen molar-refractivity contribution in [2.75, 3.05) is 19.7 Å². The minimum atomic E-state index is 0.357. The van der Waals surface area contributed by atoms with E-state index < -0.39 is 0 Å². The van der Waals surface area contributed by atoms with Crippen LogP contribution in [0.15, 0.2) is 0 Å². The van der Waals surface area contributed by atoms with Crippen molar-refractivity contribution >= 4 is 0 Å². The second kappa shape index (κ2) is 8.93. The quantitative estimate of drug-likeness (QED) is 0.625. The zero-order valence-electron chi connectivity index (χ0n) is 11.8. The first kappa shape index (κ1) is 15.0. The summed E-state index contributed by atoms with van der Waals surface area (Å²) in [6.07, 6.45) is 10.4. The van der Waals surface area contributed by atoms with Crippen molar-refractivity contribution in [3.05, 3.63) is 0 Å². The molecule has 0 unspecified atom stereocenters. The van der Waals surface area contributed by atoms with E-state index in [-0.39, 0.29) is 0 Å². The average Bonchev–Trinajstić information content (AvgIpc) is 2.81. The van der Waals surface area contributed by atoms with Gasteiger partial charge in [-0.05, 0) is 57.5 Å². The van der Waals surface area contributed by atoms with E-state index in [9.17, 15) is 0 Å². The van der Waals surface area contributed by atoms with E-state index >= 15 is 0 Å². The number of rotatable bonds is 9. The monoisotopic (exact) mass is 241 g/mol. The van der Waals surface area contributed by atoms with Crippen molar-refractivity contribution in [1.82, 2.24) is 4.90 Å². The highest BCUT2D eigenvalue weighted by Gasteiger charge is 2.21. The maximum absolute atomic E-state index is 8.81. The highest BCUT2D eigenvalue weighted by molar-refractivity contribution is 4.77. The number of hydrogen-bond donors (Lipinski definition) is 1. The van der Waals surface area contributed by atoms with Crippen molar-refractivity contribution in [2.24, 2.45) is 5.92 Å². The van der Waals surface area contributed by atoms with Crippen LogP contribution in [0.1, 0.15) is 65.2 Å². The molecule has 1 aliphatic rings. The van der Waals surface area contributed by atoms with Crippen LogP contribution < -0.4 is 0 Å². The third-order valence-electron chi connectivity index (χ3n) is 3.94. The fourth-order valence-electron chi connectivity index (χ4n) is 2.77. The minimum absolute atomic E-state index is 0.357. The molecule has 0 radical (unpaired) electrons. The molecule has 1 saturated carbocycles. The van der Waals surface area contributed by atoms with Gasteiger partial charge in [-0.2, -0.15) is 0 Å². The minimum Gasteiger partial charge on any atom is -0.396 e. The SMILES string of the molecule is CC(C)CCN(CCCCCO)C1CCCC1. The molecule has 0 saturated heterocycles. The van der Waals surface area contributed by atoms with Crippen LogP contribution in [-0.4, -0.2) is 35.7 Å². The molecule has 2 nitrogen and oxygen atoms in total. The predicted octanol–water partition coefficient (Wildman–Crippen LogP) is 3.44. The van der Waals surface area contributed by atoms with Gasteiger partial charge in [-0.3, -0.25) is 0 Å².